The summed E-state index contributed by atoms with van der Waals surface area (Å²) in [5.74, 6) is 2.95. The van der Waals surface area contributed by atoms with Crippen molar-refractivity contribution in [3.63, 3.8) is 0 Å². The molecule has 204 valence electrons. The zero-order chi connectivity index (χ0) is 26.5. The van der Waals surface area contributed by atoms with E-state index in [-0.39, 0.29) is 35.9 Å². The Kier molecular flexibility index (Phi) is 7.58. The molecule has 0 aromatic heterocycles. The molecule has 8 atom stereocenters. The molecule has 1 amide bonds. The van der Waals surface area contributed by atoms with Gasteiger partial charge in [-0.2, -0.15) is 0 Å². The summed E-state index contributed by atoms with van der Waals surface area (Å²) in [6, 6.07) is 0. The number of Topliss-reactive ketones (excluding diaryl/α,β-unsaturated/α-hetero) is 1. The number of ether oxygens (including phenoxy) is 2. The van der Waals surface area contributed by atoms with Gasteiger partial charge in [-0.25, -0.2) is 4.79 Å². The molecule has 6 heteroatoms. The standard InChI is InChI=1S/C30H49NO5/c1-19(2)26(33)35-17-16-31(7)27(34)36-28(4)14-15-29(5)21(18-28)8-9-22-24-11-10-23(20(3)32)30(24,6)13-12-25(22)29/h19,21-25H,8-18H2,1-7H3/t21-,22-,23+,24-,25-,28+,29-,30+/m0/s1. The van der Waals surface area contributed by atoms with E-state index in [1.165, 1.54) is 37.0 Å². The number of esters is 1. The molecule has 0 aromatic carbocycles. The van der Waals surface area contributed by atoms with Crippen LogP contribution in [0.5, 0.6) is 0 Å². The van der Waals surface area contributed by atoms with E-state index in [0.29, 0.717) is 29.6 Å². The van der Waals surface area contributed by atoms with Gasteiger partial charge >= 0.3 is 12.1 Å². The predicted molar refractivity (Wildman–Crippen MR) is 139 cm³/mol. The van der Waals surface area contributed by atoms with E-state index in [1.54, 1.807) is 20.9 Å². The highest BCUT2D eigenvalue weighted by Crippen LogP contribution is 2.68. The lowest BCUT2D eigenvalue weighted by atomic mass is 9.44. The summed E-state index contributed by atoms with van der Waals surface area (Å²) in [6.07, 6.45) is 9.75. The van der Waals surface area contributed by atoms with Crippen LogP contribution in [0.2, 0.25) is 0 Å². The zero-order valence-corrected chi connectivity index (χ0v) is 23.7. The molecule has 4 aliphatic rings. The molecule has 0 spiro atoms. The Balaban J connectivity index is 1.36. The Morgan fingerprint density at radius 3 is 2.28 bits per heavy atom. The van der Waals surface area contributed by atoms with E-state index in [1.807, 2.05) is 6.92 Å². The maximum absolute atomic E-state index is 12.9. The Morgan fingerprint density at radius 1 is 0.917 bits per heavy atom. The largest absolute Gasteiger partial charge is 0.464 e. The fraction of sp³-hybridized carbons (Fsp3) is 0.900. The van der Waals surface area contributed by atoms with Gasteiger partial charge in [0.15, 0.2) is 0 Å². The van der Waals surface area contributed by atoms with E-state index >= 15 is 0 Å². The van der Waals surface area contributed by atoms with Gasteiger partial charge in [0.2, 0.25) is 0 Å². The highest BCUT2D eigenvalue weighted by molar-refractivity contribution is 5.79. The average Bonchev–Trinajstić information content (AvgIpc) is 3.16. The number of hydrogen-bond donors (Lipinski definition) is 0. The van der Waals surface area contributed by atoms with Crippen LogP contribution in [0, 0.1) is 46.3 Å². The summed E-state index contributed by atoms with van der Waals surface area (Å²) in [6.45, 7) is 13.0. The van der Waals surface area contributed by atoms with Gasteiger partial charge < -0.3 is 14.4 Å². The Bertz CT molecular complexity index is 871. The van der Waals surface area contributed by atoms with Gasteiger partial charge in [0.1, 0.15) is 18.0 Å². The molecule has 0 N–H and O–H groups in total. The number of nitrogens with zero attached hydrogens (tertiary/aromatic N) is 1. The molecule has 0 saturated heterocycles. The first kappa shape index (κ1) is 27.4. The zero-order valence-electron chi connectivity index (χ0n) is 23.7. The fourth-order valence-electron chi connectivity index (χ4n) is 9.01. The van der Waals surface area contributed by atoms with Crippen molar-refractivity contribution in [2.75, 3.05) is 20.2 Å². The van der Waals surface area contributed by atoms with Gasteiger partial charge in [-0.15, -0.1) is 0 Å². The summed E-state index contributed by atoms with van der Waals surface area (Å²) in [7, 11) is 1.71. The van der Waals surface area contributed by atoms with Crippen molar-refractivity contribution < 1.29 is 23.9 Å². The molecular formula is C30H49NO5. The van der Waals surface area contributed by atoms with Gasteiger partial charge in [0.05, 0.1) is 12.5 Å². The van der Waals surface area contributed by atoms with E-state index in [2.05, 4.69) is 20.8 Å². The van der Waals surface area contributed by atoms with Crippen LogP contribution in [-0.4, -0.2) is 48.5 Å². The van der Waals surface area contributed by atoms with Crippen LogP contribution < -0.4 is 0 Å². The maximum Gasteiger partial charge on any atom is 0.410 e. The number of amides is 1. The minimum Gasteiger partial charge on any atom is -0.464 e. The Morgan fingerprint density at radius 2 is 1.61 bits per heavy atom. The molecule has 4 aliphatic carbocycles. The number of rotatable bonds is 6. The van der Waals surface area contributed by atoms with Crippen LogP contribution in [0.1, 0.15) is 99.3 Å². The van der Waals surface area contributed by atoms with E-state index in [0.717, 1.165) is 37.5 Å². The fourth-order valence-corrected chi connectivity index (χ4v) is 9.01. The molecule has 4 fully saturated rings. The van der Waals surface area contributed by atoms with E-state index in [4.69, 9.17) is 9.47 Å². The third-order valence-electron chi connectivity index (χ3n) is 11.2. The molecule has 36 heavy (non-hydrogen) atoms. The molecule has 0 radical (unpaired) electrons. The predicted octanol–water partition coefficient (Wildman–Crippen LogP) is 6.26. The number of carbonyl (C=O) groups is 3. The normalized spacial score (nSPS) is 41.6. The maximum atomic E-state index is 12.9. The second kappa shape index (κ2) is 9.94. The SMILES string of the molecule is CC(=O)[C@H]1CC[C@H]2[C@@H]3CC[C@H]4C[C@](C)(OC(=O)N(C)CCOC(=O)C(C)C)CC[C@]4(C)[C@H]3CC[C@]12C. The molecule has 0 bridgehead atoms. The van der Waals surface area contributed by atoms with Gasteiger partial charge in [-0.3, -0.25) is 9.59 Å². The Hall–Kier alpha value is -1.59. The number of likely N-dealkylation sites (N-methyl/N-ethyl adjacent to an activating group) is 1. The first-order valence-electron chi connectivity index (χ1n) is 14.4. The third-order valence-corrected chi connectivity index (χ3v) is 11.2. The van der Waals surface area contributed by atoms with Crippen molar-refractivity contribution in [2.24, 2.45) is 46.3 Å². The summed E-state index contributed by atoms with van der Waals surface area (Å²) in [4.78, 5) is 38.5. The topological polar surface area (TPSA) is 72.9 Å². The quantitative estimate of drug-likeness (QED) is 0.400. The minimum atomic E-state index is -0.451. The van der Waals surface area contributed by atoms with Gasteiger partial charge in [-0.1, -0.05) is 27.7 Å². The van der Waals surface area contributed by atoms with Crippen LogP contribution in [0.3, 0.4) is 0 Å². The smallest absolute Gasteiger partial charge is 0.410 e. The molecule has 4 rings (SSSR count). The highest BCUT2D eigenvalue weighted by Gasteiger charge is 2.61. The second-order valence-corrected chi connectivity index (χ2v) is 13.7. The van der Waals surface area contributed by atoms with Crippen molar-refractivity contribution in [3.05, 3.63) is 0 Å². The molecule has 0 aliphatic heterocycles. The number of hydrogen-bond acceptors (Lipinski definition) is 5. The lowest BCUT2D eigenvalue weighted by Gasteiger charge is -2.62. The van der Waals surface area contributed by atoms with Crippen molar-refractivity contribution >= 4 is 17.8 Å². The summed E-state index contributed by atoms with van der Waals surface area (Å²) in [5, 5.41) is 0. The first-order chi connectivity index (χ1) is 16.8. The van der Waals surface area contributed by atoms with Crippen molar-refractivity contribution in [1.29, 1.82) is 0 Å². The van der Waals surface area contributed by atoms with Gasteiger partial charge in [-0.05, 0) is 106 Å². The van der Waals surface area contributed by atoms with Crippen LogP contribution in [-0.2, 0) is 19.1 Å². The number of carbonyl (C=O) groups excluding carboxylic acids is 3. The van der Waals surface area contributed by atoms with Crippen molar-refractivity contribution in [2.45, 2.75) is 105 Å². The molecule has 6 nitrogen and oxygen atoms in total. The molecule has 4 saturated carbocycles. The van der Waals surface area contributed by atoms with Gasteiger partial charge in [0, 0.05) is 13.0 Å². The Labute approximate surface area is 218 Å². The van der Waals surface area contributed by atoms with Crippen molar-refractivity contribution in [1.82, 2.24) is 4.90 Å². The van der Waals surface area contributed by atoms with Crippen LogP contribution in [0.15, 0.2) is 0 Å². The summed E-state index contributed by atoms with van der Waals surface area (Å²) >= 11 is 0. The summed E-state index contributed by atoms with van der Waals surface area (Å²) < 4.78 is 11.3. The van der Waals surface area contributed by atoms with E-state index in [9.17, 15) is 14.4 Å². The third kappa shape index (κ3) is 4.82. The number of ketones is 1. The first-order valence-corrected chi connectivity index (χ1v) is 14.4. The van der Waals surface area contributed by atoms with Crippen LogP contribution in [0.4, 0.5) is 4.79 Å². The van der Waals surface area contributed by atoms with E-state index < -0.39 is 5.60 Å². The van der Waals surface area contributed by atoms with Crippen LogP contribution in [0.25, 0.3) is 0 Å². The summed E-state index contributed by atoms with van der Waals surface area (Å²) in [5.41, 5.74) is 0.0393. The highest BCUT2D eigenvalue weighted by atomic mass is 16.6. The molecule has 0 aromatic rings. The van der Waals surface area contributed by atoms with Crippen LogP contribution >= 0.6 is 0 Å². The average molecular weight is 504 g/mol. The second-order valence-electron chi connectivity index (χ2n) is 13.7. The minimum absolute atomic E-state index is 0.171. The van der Waals surface area contributed by atoms with Gasteiger partial charge in [0.25, 0.3) is 0 Å². The monoisotopic (exact) mass is 503 g/mol. The lowest BCUT2D eigenvalue weighted by Crippen LogP contribution is -2.56. The molecule has 0 unspecified atom stereocenters. The lowest BCUT2D eigenvalue weighted by molar-refractivity contribution is -0.152. The van der Waals surface area contributed by atoms with Crippen molar-refractivity contribution in [3.8, 4) is 0 Å². The number of fused-ring (bicyclic) bond motifs is 5. The molecule has 0 heterocycles. The molecular weight excluding hydrogens is 454 g/mol.